The fraction of sp³-hybridized carbons (Fsp3) is 0.250. The number of halogens is 2. The fourth-order valence-corrected chi connectivity index (χ4v) is 2.52. The lowest BCUT2D eigenvalue weighted by Crippen LogP contribution is -2.38. The van der Waals surface area contributed by atoms with Crippen LogP contribution < -0.4 is 16.0 Å². The van der Waals surface area contributed by atoms with Gasteiger partial charge in [0.25, 0.3) is 0 Å². The minimum absolute atomic E-state index is 0.0238. The third-order valence-electron chi connectivity index (χ3n) is 3.38. The monoisotopic (exact) mass is 308 g/mol. The van der Waals surface area contributed by atoms with Crippen molar-refractivity contribution in [2.45, 2.75) is 18.9 Å². The van der Waals surface area contributed by atoms with Crippen molar-refractivity contribution in [2.24, 2.45) is 5.84 Å². The number of benzene rings is 2. The molecule has 0 aliphatic carbocycles. The lowest BCUT2D eigenvalue weighted by molar-refractivity contribution is 0.404. The smallest absolute Gasteiger partial charge is 0.124 e. The first-order valence-corrected chi connectivity index (χ1v) is 7.03. The number of nitrogens with one attached hydrogen (secondary N) is 1. The number of rotatable bonds is 6. The summed E-state index contributed by atoms with van der Waals surface area (Å²) in [6, 6.07) is 12.2. The number of hydrogen-bond donors (Lipinski definition) is 2. The van der Waals surface area contributed by atoms with E-state index in [4.69, 9.17) is 22.2 Å². The zero-order valence-corrected chi connectivity index (χ0v) is 12.5. The molecule has 21 heavy (non-hydrogen) atoms. The van der Waals surface area contributed by atoms with Crippen LogP contribution in [0.1, 0.15) is 11.1 Å². The Morgan fingerprint density at radius 1 is 1.19 bits per heavy atom. The third-order valence-corrected chi connectivity index (χ3v) is 3.73. The van der Waals surface area contributed by atoms with Gasteiger partial charge in [-0.25, -0.2) is 4.39 Å². The molecule has 0 aliphatic rings. The molecular formula is C16H18ClFN2O. The maximum atomic E-state index is 13.1. The second-order valence-corrected chi connectivity index (χ2v) is 5.23. The van der Waals surface area contributed by atoms with E-state index in [1.54, 1.807) is 13.2 Å². The van der Waals surface area contributed by atoms with E-state index < -0.39 is 0 Å². The number of hydrogen-bond acceptors (Lipinski definition) is 3. The van der Waals surface area contributed by atoms with Crippen molar-refractivity contribution in [1.82, 2.24) is 5.43 Å². The molecule has 0 aromatic heterocycles. The van der Waals surface area contributed by atoms with Gasteiger partial charge in [0.15, 0.2) is 0 Å². The largest absolute Gasteiger partial charge is 0.496 e. The molecule has 0 aliphatic heterocycles. The highest BCUT2D eigenvalue weighted by atomic mass is 35.5. The molecule has 0 heterocycles. The highest BCUT2D eigenvalue weighted by Crippen LogP contribution is 2.22. The van der Waals surface area contributed by atoms with Gasteiger partial charge in [-0.15, -0.1) is 0 Å². The van der Waals surface area contributed by atoms with Gasteiger partial charge in [-0.1, -0.05) is 35.9 Å². The molecule has 0 fully saturated rings. The maximum Gasteiger partial charge on any atom is 0.124 e. The highest BCUT2D eigenvalue weighted by molar-refractivity contribution is 6.31. The van der Waals surface area contributed by atoms with E-state index in [2.05, 4.69) is 5.43 Å². The Morgan fingerprint density at radius 2 is 1.90 bits per heavy atom. The van der Waals surface area contributed by atoms with Crippen LogP contribution in [0, 0.1) is 5.82 Å². The molecule has 1 unspecified atom stereocenters. The Hall–Kier alpha value is -1.62. The van der Waals surface area contributed by atoms with Gasteiger partial charge in [0.2, 0.25) is 0 Å². The van der Waals surface area contributed by atoms with Gasteiger partial charge in [0.05, 0.1) is 7.11 Å². The molecule has 0 spiro atoms. The minimum Gasteiger partial charge on any atom is -0.496 e. The summed E-state index contributed by atoms with van der Waals surface area (Å²) in [5, 5.41) is 0.412. The van der Waals surface area contributed by atoms with Crippen molar-refractivity contribution in [1.29, 1.82) is 0 Å². The van der Waals surface area contributed by atoms with Crippen molar-refractivity contribution in [2.75, 3.05) is 7.11 Å². The highest BCUT2D eigenvalue weighted by Gasteiger charge is 2.14. The quantitative estimate of drug-likeness (QED) is 0.637. The van der Waals surface area contributed by atoms with Gasteiger partial charge in [0.1, 0.15) is 11.6 Å². The second kappa shape index (κ2) is 7.41. The molecule has 0 saturated heterocycles. The zero-order chi connectivity index (χ0) is 15.2. The third kappa shape index (κ3) is 4.17. The normalized spacial score (nSPS) is 12.2. The van der Waals surface area contributed by atoms with Crippen LogP contribution in [0.3, 0.4) is 0 Å². The maximum absolute atomic E-state index is 13.1. The first-order valence-electron chi connectivity index (χ1n) is 6.66. The molecule has 0 radical (unpaired) electrons. The number of nitrogens with two attached hydrogens (primary N) is 1. The van der Waals surface area contributed by atoms with E-state index in [0.717, 1.165) is 16.9 Å². The lowest BCUT2D eigenvalue weighted by Gasteiger charge is -2.18. The van der Waals surface area contributed by atoms with E-state index in [9.17, 15) is 4.39 Å². The molecule has 2 aromatic carbocycles. The van der Waals surface area contributed by atoms with E-state index in [-0.39, 0.29) is 11.9 Å². The van der Waals surface area contributed by atoms with Gasteiger partial charge in [-0.3, -0.25) is 11.3 Å². The second-order valence-electron chi connectivity index (χ2n) is 4.82. The summed E-state index contributed by atoms with van der Waals surface area (Å²) in [5.41, 5.74) is 4.70. The SMILES string of the molecule is COc1ccccc1CC(Cc1ccc(F)cc1Cl)NN. The molecule has 0 saturated carbocycles. The molecule has 1 atom stereocenters. The van der Waals surface area contributed by atoms with Crippen LogP contribution >= 0.6 is 11.6 Å². The summed E-state index contributed by atoms with van der Waals surface area (Å²) in [4.78, 5) is 0. The molecular weight excluding hydrogens is 291 g/mol. The van der Waals surface area contributed by atoms with Gasteiger partial charge >= 0.3 is 0 Å². The van der Waals surface area contributed by atoms with E-state index in [0.29, 0.717) is 17.9 Å². The lowest BCUT2D eigenvalue weighted by atomic mass is 9.99. The van der Waals surface area contributed by atoms with Crippen LogP contribution in [-0.2, 0) is 12.8 Å². The van der Waals surface area contributed by atoms with Gasteiger partial charge in [-0.05, 0) is 42.2 Å². The Morgan fingerprint density at radius 3 is 2.57 bits per heavy atom. The van der Waals surface area contributed by atoms with Crippen LogP contribution in [0.5, 0.6) is 5.75 Å². The Bertz CT molecular complexity index is 607. The number of para-hydroxylation sites is 1. The number of hydrazine groups is 1. The fourth-order valence-electron chi connectivity index (χ4n) is 2.28. The number of ether oxygens (including phenoxy) is 1. The molecule has 3 N–H and O–H groups in total. The zero-order valence-electron chi connectivity index (χ0n) is 11.8. The van der Waals surface area contributed by atoms with Gasteiger partial charge in [-0.2, -0.15) is 0 Å². The van der Waals surface area contributed by atoms with Gasteiger partial charge < -0.3 is 4.74 Å². The van der Waals surface area contributed by atoms with E-state index in [1.807, 2.05) is 24.3 Å². The molecule has 2 rings (SSSR count). The molecule has 0 bridgehead atoms. The van der Waals surface area contributed by atoms with Crippen molar-refractivity contribution < 1.29 is 9.13 Å². The van der Waals surface area contributed by atoms with Crippen LogP contribution in [0.25, 0.3) is 0 Å². The van der Waals surface area contributed by atoms with Crippen LogP contribution in [-0.4, -0.2) is 13.2 Å². The first-order chi connectivity index (χ1) is 10.1. The van der Waals surface area contributed by atoms with Crippen molar-refractivity contribution in [3.05, 3.63) is 64.4 Å². The Balaban J connectivity index is 2.13. The first kappa shape index (κ1) is 15.8. The van der Waals surface area contributed by atoms with Crippen LogP contribution in [0.2, 0.25) is 5.02 Å². The average Bonchev–Trinajstić information content (AvgIpc) is 2.49. The molecule has 0 amide bonds. The number of methoxy groups -OCH3 is 1. The van der Waals surface area contributed by atoms with E-state index >= 15 is 0 Å². The molecule has 3 nitrogen and oxygen atoms in total. The van der Waals surface area contributed by atoms with Gasteiger partial charge in [0, 0.05) is 11.1 Å². The van der Waals surface area contributed by atoms with Crippen molar-refractivity contribution in [3.8, 4) is 5.75 Å². The summed E-state index contributed by atoms with van der Waals surface area (Å²) >= 11 is 6.06. The predicted molar refractivity (Wildman–Crippen MR) is 82.9 cm³/mol. The minimum atomic E-state index is -0.342. The summed E-state index contributed by atoms with van der Waals surface area (Å²) in [5.74, 6) is 6.11. The molecule has 5 heteroatoms. The summed E-state index contributed by atoms with van der Waals surface area (Å²) in [7, 11) is 1.64. The summed E-state index contributed by atoms with van der Waals surface area (Å²) < 4.78 is 18.4. The van der Waals surface area contributed by atoms with Crippen LogP contribution in [0.4, 0.5) is 4.39 Å². The van der Waals surface area contributed by atoms with E-state index in [1.165, 1.54) is 12.1 Å². The Labute approximate surface area is 128 Å². The summed E-state index contributed by atoms with van der Waals surface area (Å²) in [6.07, 6.45) is 1.29. The predicted octanol–water partition coefficient (Wildman–Crippen LogP) is 3.10. The standard InChI is InChI=1S/C16H18ClFN2O/c1-21-16-5-3-2-4-12(16)9-14(20-19)8-11-6-7-13(18)10-15(11)17/h2-7,10,14,20H,8-9,19H2,1H3. The topological polar surface area (TPSA) is 47.3 Å². The Kier molecular flexibility index (Phi) is 5.56. The summed E-state index contributed by atoms with van der Waals surface area (Å²) in [6.45, 7) is 0. The molecule has 2 aromatic rings. The molecule has 112 valence electrons. The average molecular weight is 309 g/mol. The van der Waals surface area contributed by atoms with Crippen molar-refractivity contribution in [3.63, 3.8) is 0 Å². The van der Waals surface area contributed by atoms with Crippen molar-refractivity contribution >= 4 is 11.6 Å². The van der Waals surface area contributed by atoms with Crippen LogP contribution in [0.15, 0.2) is 42.5 Å².